The summed E-state index contributed by atoms with van der Waals surface area (Å²) in [6.07, 6.45) is 1.53. The van der Waals surface area contributed by atoms with Crippen LogP contribution >= 0.6 is 0 Å². The van der Waals surface area contributed by atoms with Gasteiger partial charge >= 0.3 is 0 Å². The van der Waals surface area contributed by atoms with Gasteiger partial charge in [-0.05, 0) is 44.0 Å². The van der Waals surface area contributed by atoms with Crippen molar-refractivity contribution in [3.05, 3.63) is 46.6 Å². The lowest BCUT2D eigenvalue weighted by atomic mass is 10.0. The standard InChI is InChI=1S/C24H26N6O3/c1-14-7-16(3)22-19(8-14)15(2)9-20(27-22)30-23(18(11-25)12-26-30)28-24(32)17-10-21(31)29(13-17)5-6-33-4/h7-9,12,17H,5-6,10,13H2,1-4H3,(H,28,32). The van der Waals surface area contributed by atoms with Crippen LogP contribution in [0.2, 0.25) is 0 Å². The SMILES string of the molecule is COCCN1CC(C(=O)Nc2c(C#N)cnn2-c2cc(C)c3cc(C)cc(C)c3n2)CC1=O. The lowest BCUT2D eigenvalue weighted by molar-refractivity contribution is -0.128. The van der Waals surface area contributed by atoms with Crippen LogP contribution in [-0.2, 0) is 14.3 Å². The molecule has 1 N–H and O–H groups in total. The predicted molar refractivity (Wildman–Crippen MR) is 123 cm³/mol. The van der Waals surface area contributed by atoms with Gasteiger partial charge in [-0.25, -0.2) is 4.98 Å². The molecule has 2 aromatic heterocycles. The van der Waals surface area contributed by atoms with Crippen molar-refractivity contribution in [3.63, 3.8) is 0 Å². The summed E-state index contributed by atoms with van der Waals surface area (Å²) in [5.74, 6) is -0.167. The predicted octanol–water partition coefficient (Wildman–Crippen LogP) is 2.65. The first-order valence-electron chi connectivity index (χ1n) is 10.8. The highest BCUT2D eigenvalue weighted by atomic mass is 16.5. The number of aromatic nitrogens is 3. The molecule has 1 atom stereocenters. The number of rotatable bonds is 6. The molecule has 1 aliphatic rings. The smallest absolute Gasteiger partial charge is 0.230 e. The first-order chi connectivity index (χ1) is 15.8. The Kier molecular flexibility index (Phi) is 6.11. The maximum Gasteiger partial charge on any atom is 0.230 e. The van der Waals surface area contributed by atoms with E-state index in [4.69, 9.17) is 9.72 Å². The van der Waals surface area contributed by atoms with Gasteiger partial charge in [0.25, 0.3) is 0 Å². The zero-order valence-electron chi connectivity index (χ0n) is 19.2. The number of ether oxygens (including phenoxy) is 1. The molecule has 1 aromatic carbocycles. The Bertz CT molecular complexity index is 1290. The number of hydrogen-bond acceptors (Lipinski definition) is 6. The number of carbonyl (C=O) groups excluding carboxylic acids is 2. The second kappa shape index (κ2) is 9.00. The molecule has 0 radical (unpaired) electrons. The summed E-state index contributed by atoms with van der Waals surface area (Å²) in [6, 6.07) is 8.12. The molecule has 1 fully saturated rings. The summed E-state index contributed by atoms with van der Waals surface area (Å²) in [5.41, 5.74) is 4.28. The van der Waals surface area contributed by atoms with E-state index in [9.17, 15) is 14.9 Å². The van der Waals surface area contributed by atoms with E-state index >= 15 is 0 Å². The van der Waals surface area contributed by atoms with Crippen molar-refractivity contribution in [2.75, 3.05) is 32.1 Å². The summed E-state index contributed by atoms with van der Waals surface area (Å²) in [4.78, 5) is 31.6. The molecule has 2 amide bonds. The molecule has 1 saturated heterocycles. The highest BCUT2D eigenvalue weighted by molar-refractivity contribution is 5.97. The fraction of sp³-hybridized carbons (Fsp3) is 0.375. The van der Waals surface area contributed by atoms with E-state index in [-0.39, 0.29) is 29.6 Å². The first-order valence-corrected chi connectivity index (χ1v) is 10.8. The lowest BCUT2D eigenvalue weighted by Crippen LogP contribution is -2.31. The third-order valence-electron chi connectivity index (χ3n) is 5.94. The Morgan fingerprint density at radius 1 is 1.27 bits per heavy atom. The van der Waals surface area contributed by atoms with Gasteiger partial charge in [-0.3, -0.25) is 9.59 Å². The van der Waals surface area contributed by atoms with Gasteiger partial charge in [0, 0.05) is 32.0 Å². The number of nitriles is 1. The Labute approximate surface area is 192 Å². The van der Waals surface area contributed by atoms with Gasteiger partial charge in [-0.15, -0.1) is 0 Å². The number of hydrogen-bond donors (Lipinski definition) is 1. The second-order valence-corrected chi connectivity index (χ2v) is 8.43. The average molecular weight is 447 g/mol. The minimum absolute atomic E-state index is 0.0844. The maximum absolute atomic E-state index is 13.0. The largest absolute Gasteiger partial charge is 0.383 e. The lowest BCUT2D eigenvalue weighted by Gasteiger charge is -2.16. The number of nitrogens with zero attached hydrogens (tertiary/aromatic N) is 5. The monoisotopic (exact) mass is 446 g/mol. The third kappa shape index (κ3) is 4.30. The molecular formula is C24H26N6O3. The van der Waals surface area contributed by atoms with Crippen molar-refractivity contribution in [2.24, 2.45) is 5.92 Å². The van der Waals surface area contributed by atoms with Gasteiger partial charge in [0.05, 0.1) is 24.2 Å². The molecule has 0 saturated carbocycles. The second-order valence-electron chi connectivity index (χ2n) is 8.43. The summed E-state index contributed by atoms with van der Waals surface area (Å²) in [6.45, 7) is 7.22. The number of anilines is 1. The number of amides is 2. The van der Waals surface area contributed by atoms with E-state index in [2.05, 4.69) is 28.6 Å². The van der Waals surface area contributed by atoms with Crippen molar-refractivity contribution in [1.82, 2.24) is 19.7 Å². The van der Waals surface area contributed by atoms with Gasteiger partial charge < -0.3 is 15.0 Å². The molecule has 0 aliphatic carbocycles. The van der Waals surface area contributed by atoms with Crippen LogP contribution in [-0.4, -0.2) is 58.3 Å². The van der Waals surface area contributed by atoms with Gasteiger partial charge in [0.15, 0.2) is 11.6 Å². The Balaban J connectivity index is 1.66. The van der Waals surface area contributed by atoms with Crippen LogP contribution in [0.25, 0.3) is 16.7 Å². The molecule has 4 rings (SSSR count). The topological polar surface area (TPSA) is 113 Å². The molecule has 3 heterocycles. The van der Waals surface area contributed by atoms with Crippen LogP contribution in [0.4, 0.5) is 5.82 Å². The summed E-state index contributed by atoms with van der Waals surface area (Å²) < 4.78 is 6.51. The van der Waals surface area contributed by atoms with Gasteiger partial charge in [0.1, 0.15) is 11.6 Å². The number of fused-ring (bicyclic) bond motifs is 1. The van der Waals surface area contributed by atoms with E-state index in [1.165, 1.54) is 10.9 Å². The highest BCUT2D eigenvalue weighted by Crippen LogP contribution is 2.27. The Morgan fingerprint density at radius 3 is 2.79 bits per heavy atom. The van der Waals surface area contributed by atoms with Crippen LogP contribution < -0.4 is 5.32 Å². The summed E-state index contributed by atoms with van der Waals surface area (Å²) in [5, 5.41) is 17.8. The Hall–Kier alpha value is -3.77. The number of benzene rings is 1. The van der Waals surface area contributed by atoms with Crippen LogP contribution in [0.3, 0.4) is 0 Å². The molecule has 33 heavy (non-hydrogen) atoms. The molecule has 1 unspecified atom stereocenters. The quantitative estimate of drug-likeness (QED) is 0.623. The van der Waals surface area contributed by atoms with Crippen molar-refractivity contribution in [3.8, 4) is 11.9 Å². The fourth-order valence-electron chi connectivity index (χ4n) is 4.24. The van der Waals surface area contributed by atoms with Crippen LogP contribution in [0, 0.1) is 38.0 Å². The normalized spacial score (nSPS) is 15.8. The van der Waals surface area contributed by atoms with Crippen molar-refractivity contribution >= 4 is 28.5 Å². The van der Waals surface area contributed by atoms with E-state index in [1.807, 2.05) is 26.8 Å². The van der Waals surface area contributed by atoms with Gasteiger partial charge in [-0.1, -0.05) is 11.6 Å². The van der Waals surface area contributed by atoms with Crippen molar-refractivity contribution in [2.45, 2.75) is 27.2 Å². The molecule has 1 aliphatic heterocycles. The highest BCUT2D eigenvalue weighted by Gasteiger charge is 2.34. The number of likely N-dealkylation sites (tertiary alicyclic amines) is 1. The average Bonchev–Trinajstić information content (AvgIpc) is 3.35. The van der Waals surface area contributed by atoms with Gasteiger partial charge in [-0.2, -0.15) is 15.0 Å². The number of nitrogens with one attached hydrogen (secondary N) is 1. The zero-order chi connectivity index (χ0) is 23.7. The fourth-order valence-corrected chi connectivity index (χ4v) is 4.24. The minimum atomic E-state index is -0.513. The molecule has 9 heteroatoms. The van der Waals surface area contributed by atoms with Crippen LogP contribution in [0.5, 0.6) is 0 Å². The van der Waals surface area contributed by atoms with E-state index in [0.29, 0.717) is 25.5 Å². The minimum Gasteiger partial charge on any atom is -0.383 e. The van der Waals surface area contributed by atoms with E-state index < -0.39 is 5.92 Å². The molecule has 0 spiro atoms. The van der Waals surface area contributed by atoms with Crippen molar-refractivity contribution in [1.29, 1.82) is 5.26 Å². The van der Waals surface area contributed by atoms with Crippen molar-refractivity contribution < 1.29 is 14.3 Å². The third-order valence-corrected chi connectivity index (χ3v) is 5.94. The number of methoxy groups -OCH3 is 1. The molecule has 0 bridgehead atoms. The van der Waals surface area contributed by atoms with Gasteiger partial charge in [0.2, 0.25) is 11.8 Å². The van der Waals surface area contributed by atoms with E-state index in [0.717, 1.165) is 27.6 Å². The molecule has 170 valence electrons. The zero-order valence-corrected chi connectivity index (χ0v) is 19.2. The number of aryl methyl sites for hydroxylation is 3. The molecule has 9 nitrogen and oxygen atoms in total. The first kappa shape index (κ1) is 22.4. The van der Waals surface area contributed by atoms with Crippen LogP contribution in [0.15, 0.2) is 24.4 Å². The number of pyridine rings is 1. The summed E-state index contributed by atoms with van der Waals surface area (Å²) in [7, 11) is 1.57. The molecule has 3 aromatic rings. The number of carbonyl (C=O) groups is 2. The maximum atomic E-state index is 13.0. The van der Waals surface area contributed by atoms with E-state index in [1.54, 1.807) is 12.0 Å². The Morgan fingerprint density at radius 2 is 2.06 bits per heavy atom. The molecular weight excluding hydrogens is 420 g/mol. The van der Waals surface area contributed by atoms with Crippen LogP contribution in [0.1, 0.15) is 28.7 Å². The summed E-state index contributed by atoms with van der Waals surface area (Å²) >= 11 is 0.